The monoisotopic (exact) mass is 392 g/mol. The van der Waals surface area contributed by atoms with Gasteiger partial charge in [0.25, 0.3) is 5.91 Å². The van der Waals surface area contributed by atoms with Gasteiger partial charge in [0, 0.05) is 17.2 Å². The van der Waals surface area contributed by atoms with Crippen LogP contribution in [0.2, 0.25) is 0 Å². The van der Waals surface area contributed by atoms with Gasteiger partial charge in [0.05, 0.1) is 5.69 Å². The van der Waals surface area contributed by atoms with Crippen molar-refractivity contribution in [2.24, 2.45) is 0 Å². The number of nitrogen functional groups attached to an aromatic ring is 1. The van der Waals surface area contributed by atoms with Gasteiger partial charge in [-0.25, -0.2) is 9.37 Å². The average molecular weight is 392 g/mol. The molecule has 1 saturated carbocycles. The van der Waals surface area contributed by atoms with Crippen molar-refractivity contribution in [3.8, 4) is 5.69 Å². The van der Waals surface area contributed by atoms with Gasteiger partial charge in [-0.2, -0.15) is 0 Å². The standard InChI is InChI=1S/C22H21FN4O2/c1-12-3-4-15(22(29)26-16-6-7-16)10-18(12)27-11-25-19(21(27)24)20(28)14-5-8-17(23)13(2)9-14/h3-5,8-11,16H,6-7,24H2,1-2H3,(H,26,29). The van der Waals surface area contributed by atoms with Gasteiger partial charge in [0.15, 0.2) is 5.69 Å². The van der Waals surface area contributed by atoms with E-state index in [9.17, 15) is 14.0 Å². The normalized spacial score (nSPS) is 13.3. The lowest BCUT2D eigenvalue weighted by atomic mass is 10.1. The maximum Gasteiger partial charge on any atom is 0.251 e. The van der Waals surface area contributed by atoms with Crippen LogP contribution in [0.4, 0.5) is 10.2 Å². The number of hydrogen-bond donors (Lipinski definition) is 2. The topological polar surface area (TPSA) is 90.0 Å². The molecular weight excluding hydrogens is 371 g/mol. The maximum atomic E-state index is 13.5. The highest BCUT2D eigenvalue weighted by molar-refractivity contribution is 6.10. The first-order chi connectivity index (χ1) is 13.8. The molecule has 0 bridgehead atoms. The molecular formula is C22H21FN4O2. The lowest BCUT2D eigenvalue weighted by Gasteiger charge is -2.12. The third-order valence-electron chi connectivity index (χ3n) is 5.08. The Kier molecular flexibility index (Phi) is 4.66. The molecule has 1 aliphatic rings. The number of anilines is 1. The second-order valence-corrected chi connectivity index (χ2v) is 7.39. The van der Waals surface area contributed by atoms with E-state index in [0.29, 0.717) is 22.4 Å². The SMILES string of the molecule is Cc1cc(C(=O)c2ncn(-c3cc(C(=O)NC4CC4)ccc3C)c2N)ccc1F. The molecule has 4 rings (SSSR count). The fourth-order valence-corrected chi connectivity index (χ4v) is 3.15. The predicted octanol–water partition coefficient (Wildman–Crippen LogP) is 3.33. The number of aromatic nitrogens is 2. The van der Waals surface area contributed by atoms with E-state index in [1.165, 1.54) is 24.5 Å². The van der Waals surface area contributed by atoms with Crippen LogP contribution in [0.15, 0.2) is 42.7 Å². The highest BCUT2D eigenvalue weighted by Gasteiger charge is 2.24. The van der Waals surface area contributed by atoms with Gasteiger partial charge in [0.2, 0.25) is 5.78 Å². The Hall–Kier alpha value is -3.48. The van der Waals surface area contributed by atoms with E-state index in [2.05, 4.69) is 10.3 Å². The summed E-state index contributed by atoms with van der Waals surface area (Å²) in [5, 5.41) is 2.96. The number of carbonyl (C=O) groups excluding carboxylic acids is 2. The number of nitrogens with zero attached hydrogens (tertiary/aromatic N) is 2. The molecule has 0 atom stereocenters. The van der Waals surface area contributed by atoms with Gasteiger partial charge in [-0.1, -0.05) is 6.07 Å². The minimum absolute atomic E-state index is 0.0863. The van der Waals surface area contributed by atoms with Crippen molar-refractivity contribution < 1.29 is 14.0 Å². The van der Waals surface area contributed by atoms with Gasteiger partial charge in [-0.15, -0.1) is 0 Å². The van der Waals surface area contributed by atoms with Crippen LogP contribution in [0, 0.1) is 19.7 Å². The maximum absolute atomic E-state index is 13.5. The summed E-state index contributed by atoms with van der Waals surface area (Å²) in [4.78, 5) is 29.4. The Morgan fingerprint density at radius 3 is 2.52 bits per heavy atom. The Morgan fingerprint density at radius 2 is 1.83 bits per heavy atom. The van der Waals surface area contributed by atoms with Crippen LogP contribution in [-0.2, 0) is 0 Å². The smallest absolute Gasteiger partial charge is 0.251 e. The van der Waals surface area contributed by atoms with Crippen molar-refractivity contribution >= 4 is 17.5 Å². The number of rotatable bonds is 5. The molecule has 3 aromatic rings. The zero-order chi connectivity index (χ0) is 20.7. The zero-order valence-corrected chi connectivity index (χ0v) is 16.2. The van der Waals surface area contributed by atoms with Gasteiger partial charge in [-0.3, -0.25) is 14.2 Å². The second kappa shape index (κ2) is 7.16. The van der Waals surface area contributed by atoms with Crippen LogP contribution >= 0.6 is 0 Å². The number of amides is 1. The van der Waals surface area contributed by atoms with Crippen LogP contribution in [0.3, 0.4) is 0 Å². The molecule has 1 amide bonds. The molecule has 29 heavy (non-hydrogen) atoms. The van der Waals surface area contributed by atoms with Crippen molar-refractivity contribution in [1.29, 1.82) is 0 Å². The minimum Gasteiger partial charge on any atom is -0.383 e. The number of nitrogens with one attached hydrogen (secondary N) is 1. The molecule has 1 aliphatic carbocycles. The van der Waals surface area contributed by atoms with Crippen LogP contribution in [0.5, 0.6) is 0 Å². The molecule has 3 N–H and O–H groups in total. The van der Waals surface area contributed by atoms with Crippen molar-refractivity contribution in [3.63, 3.8) is 0 Å². The fraction of sp³-hybridized carbons (Fsp3) is 0.227. The van der Waals surface area contributed by atoms with Crippen LogP contribution < -0.4 is 11.1 Å². The molecule has 0 unspecified atom stereocenters. The Morgan fingerprint density at radius 1 is 1.10 bits per heavy atom. The lowest BCUT2D eigenvalue weighted by molar-refractivity contribution is 0.0950. The van der Waals surface area contributed by atoms with Gasteiger partial charge < -0.3 is 11.1 Å². The summed E-state index contributed by atoms with van der Waals surface area (Å²) in [5.74, 6) is -0.730. The highest BCUT2D eigenvalue weighted by atomic mass is 19.1. The first-order valence-electron chi connectivity index (χ1n) is 9.40. The van der Waals surface area contributed by atoms with E-state index in [4.69, 9.17) is 5.73 Å². The largest absolute Gasteiger partial charge is 0.383 e. The predicted molar refractivity (Wildman–Crippen MR) is 108 cm³/mol. The molecule has 0 aliphatic heterocycles. The lowest BCUT2D eigenvalue weighted by Crippen LogP contribution is -2.25. The summed E-state index contributed by atoms with van der Waals surface area (Å²) >= 11 is 0. The molecule has 2 aromatic carbocycles. The number of hydrogen-bond acceptors (Lipinski definition) is 4. The van der Waals surface area contributed by atoms with Gasteiger partial charge in [-0.05, 0) is 68.1 Å². The third-order valence-corrected chi connectivity index (χ3v) is 5.08. The van der Waals surface area contributed by atoms with Gasteiger partial charge >= 0.3 is 0 Å². The van der Waals surface area contributed by atoms with Crippen LogP contribution in [0.1, 0.15) is 50.4 Å². The number of ketones is 1. The zero-order valence-electron chi connectivity index (χ0n) is 16.2. The van der Waals surface area contributed by atoms with Crippen molar-refractivity contribution in [3.05, 3.63) is 76.5 Å². The molecule has 148 valence electrons. The molecule has 1 heterocycles. The number of nitrogens with two attached hydrogens (primary N) is 1. The molecule has 0 spiro atoms. The fourth-order valence-electron chi connectivity index (χ4n) is 3.15. The first kappa shape index (κ1) is 18.9. The summed E-state index contributed by atoms with van der Waals surface area (Å²) in [5.41, 5.74) is 9.09. The molecule has 7 heteroatoms. The Bertz CT molecular complexity index is 1130. The number of aryl methyl sites for hydroxylation is 2. The number of imidazole rings is 1. The van der Waals surface area contributed by atoms with E-state index in [0.717, 1.165) is 18.4 Å². The third kappa shape index (κ3) is 3.63. The van der Waals surface area contributed by atoms with E-state index >= 15 is 0 Å². The number of carbonyl (C=O) groups is 2. The molecule has 0 saturated heterocycles. The summed E-state index contributed by atoms with van der Waals surface area (Å²) in [7, 11) is 0. The van der Waals surface area contributed by atoms with Crippen LogP contribution in [-0.4, -0.2) is 27.3 Å². The second-order valence-electron chi connectivity index (χ2n) is 7.39. The molecule has 1 aromatic heterocycles. The Balaban J connectivity index is 1.68. The summed E-state index contributed by atoms with van der Waals surface area (Å²) in [6.07, 6.45) is 3.48. The van der Waals surface area contributed by atoms with Crippen LogP contribution in [0.25, 0.3) is 5.69 Å². The minimum atomic E-state index is -0.385. The van der Waals surface area contributed by atoms with Gasteiger partial charge in [0.1, 0.15) is 18.0 Å². The summed E-state index contributed by atoms with van der Waals surface area (Å²) < 4.78 is 15.1. The Labute approximate surface area is 167 Å². The average Bonchev–Trinajstić information content (AvgIpc) is 3.43. The summed E-state index contributed by atoms with van der Waals surface area (Å²) in [6, 6.07) is 9.73. The molecule has 0 radical (unpaired) electrons. The van der Waals surface area contributed by atoms with E-state index in [1.807, 2.05) is 13.0 Å². The van der Waals surface area contributed by atoms with E-state index < -0.39 is 0 Å². The quantitative estimate of drug-likeness (QED) is 0.652. The van der Waals surface area contributed by atoms with Crippen molar-refractivity contribution in [2.75, 3.05) is 5.73 Å². The first-order valence-corrected chi connectivity index (χ1v) is 9.40. The molecule has 6 nitrogen and oxygen atoms in total. The number of halogens is 1. The van der Waals surface area contributed by atoms with Crippen molar-refractivity contribution in [2.45, 2.75) is 32.7 Å². The van der Waals surface area contributed by atoms with E-state index in [1.54, 1.807) is 23.6 Å². The van der Waals surface area contributed by atoms with Crippen molar-refractivity contribution in [1.82, 2.24) is 14.9 Å². The molecule has 1 fully saturated rings. The van der Waals surface area contributed by atoms with E-state index in [-0.39, 0.29) is 35.1 Å². The summed E-state index contributed by atoms with van der Waals surface area (Å²) in [6.45, 7) is 3.48. The highest BCUT2D eigenvalue weighted by Crippen LogP contribution is 2.25. The number of benzene rings is 2.